The predicted octanol–water partition coefficient (Wildman–Crippen LogP) is 1.62. The molecule has 1 aliphatic rings. The quantitative estimate of drug-likeness (QED) is 0.712. The minimum Gasteiger partial charge on any atom is -0.387 e. The highest BCUT2D eigenvalue weighted by molar-refractivity contribution is 5.78. The van der Waals surface area contributed by atoms with Gasteiger partial charge in [0.05, 0.1) is 11.4 Å². The van der Waals surface area contributed by atoms with E-state index in [0.717, 1.165) is 17.0 Å². The first-order chi connectivity index (χ1) is 10.1. The molecular weight excluding hydrogens is 266 g/mol. The summed E-state index contributed by atoms with van der Waals surface area (Å²) in [7, 11) is 0. The molecule has 1 aliphatic carbocycles. The van der Waals surface area contributed by atoms with Gasteiger partial charge in [-0.15, -0.1) is 0 Å². The van der Waals surface area contributed by atoms with Crippen molar-refractivity contribution in [2.45, 2.75) is 31.8 Å². The fourth-order valence-corrected chi connectivity index (χ4v) is 2.00. The van der Waals surface area contributed by atoms with Crippen LogP contribution in [0.5, 0.6) is 0 Å². The van der Waals surface area contributed by atoms with Crippen molar-refractivity contribution in [2.24, 2.45) is 0 Å². The molecular formula is C16H21N3O2. The first kappa shape index (κ1) is 15.4. The number of hydrogen-bond acceptors (Lipinski definition) is 4. The summed E-state index contributed by atoms with van der Waals surface area (Å²) >= 11 is 0. The molecule has 1 saturated carbocycles. The molecule has 3 N–H and O–H groups in total. The summed E-state index contributed by atoms with van der Waals surface area (Å²) in [5.41, 5.74) is 2.68. The number of aliphatic hydroxyl groups is 1. The van der Waals surface area contributed by atoms with Crippen molar-refractivity contribution in [2.75, 3.05) is 6.61 Å². The molecule has 1 fully saturated rings. The van der Waals surface area contributed by atoms with Crippen molar-refractivity contribution in [1.82, 2.24) is 15.6 Å². The van der Waals surface area contributed by atoms with Gasteiger partial charge >= 0.3 is 0 Å². The van der Waals surface area contributed by atoms with Crippen LogP contribution >= 0.6 is 0 Å². The van der Waals surface area contributed by atoms with Crippen LogP contribution < -0.4 is 10.6 Å². The van der Waals surface area contributed by atoms with Crippen LogP contribution in [-0.4, -0.2) is 28.6 Å². The normalized spacial score (nSPS) is 15.9. The molecule has 0 radical (unpaired) electrons. The van der Waals surface area contributed by atoms with E-state index >= 15 is 0 Å². The Kier molecular flexibility index (Phi) is 5.25. The van der Waals surface area contributed by atoms with Gasteiger partial charge in [0.25, 0.3) is 0 Å². The topological polar surface area (TPSA) is 74.2 Å². The molecule has 1 heterocycles. The molecule has 112 valence electrons. The van der Waals surface area contributed by atoms with Crippen molar-refractivity contribution in [3.63, 3.8) is 0 Å². The number of aliphatic hydroxyl groups excluding tert-OH is 1. The molecule has 2 rings (SSSR count). The van der Waals surface area contributed by atoms with Crippen molar-refractivity contribution in [3.05, 3.63) is 41.9 Å². The molecule has 0 saturated heterocycles. The number of nitrogens with zero attached hydrogens (tertiary/aromatic N) is 1. The van der Waals surface area contributed by atoms with Crippen LogP contribution in [0.4, 0.5) is 0 Å². The lowest BCUT2D eigenvalue weighted by Gasteiger charge is -2.15. The average Bonchev–Trinajstić information content (AvgIpc) is 3.30. The number of nitrogens with one attached hydrogen (secondary N) is 2. The van der Waals surface area contributed by atoms with E-state index in [4.69, 9.17) is 5.11 Å². The van der Waals surface area contributed by atoms with Crippen LogP contribution in [0.3, 0.4) is 0 Å². The molecule has 1 aromatic heterocycles. The third-order valence-electron chi connectivity index (χ3n) is 3.30. The zero-order valence-corrected chi connectivity index (χ0v) is 12.2. The van der Waals surface area contributed by atoms with E-state index < -0.39 is 12.5 Å². The number of hydrogen-bond donors (Lipinski definition) is 3. The summed E-state index contributed by atoms with van der Waals surface area (Å²) in [5, 5.41) is 14.6. The van der Waals surface area contributed by atoms with Crippen LogP contribution in [0.25, 0.3) is 12.2 Å². The zero-order chi connectivity index (χ0) is 15.2. The van der Waals surface area contributed by atoms with Gasteiger partial charge in [-0.25, -0.2) is 4.98 Å². The lowest BCUT2D eigenvalue weighted by Crippen LogP contribution is -2.21. The van der Waals surface area contributed by atoms with Crippen LogP contribution in [-0.2, 0) is 4.79 Å². The number of rotatable bonds is 7. The molecule has 1 aromatic rings. The highest BCUT2D eigenvalue weighted by atomic mass is 16.3. The van der Waals surface area contributed by atoms with Gasteiger partial charge in [-0.3, -0.25) is 4.79 Å². The zero-order valence-electron chi connectivity index (χ0n) is 12.2. The molecule has 0 aliphatic heterocycles. The number of pyridine rings is 1. The lowest BCUT2D eigenvalue weighted by atomic mass is 10.1. The SMILES string of the molecule is C=Cc1cc(C(C)NC2CC2)cc(/C=C/NC(=O)CO)n1. The fourth-order valence-electron chi connectivity index (χ4n) is 2.00. The Morgan fingerprint density at radius 1 is 1.52 bits per heavy atom. The maximum absolute atomic E-state index is 11.0. The van der Waals surface area contributed by atoms with E-state index in [-0.39, 0.29) is 6.04 Å². The molecule has 21 heavy (non-hydrogen) atoms. The highest BCUT2D eigenvalue weighted by Gasteiger charge is 2.23. The summed E-state index contributed by atoms with van der Waals surface area (Å²) in [5.74, 6) is -0.449. The monoisotopic (exact) mass is 287 g/mol. The van der Waals surface area contributed by atoms with Gasteiger partial charge in [-0.2, -0.15) is 0 Å². The third kappa shape index (κ3) is 4.81. The van der Waals surface area contributed by atoms with Crippen molar-refractivity contribution in [1.29, 1.82) is 0 Å². The maximum Gasteiger partial charge on any atom is 0.249 e. The summed E-state index contributed by atoms with van der Waals surface area (Å²) in [4.78, 5) is 15.4. The minimum atomic E-state index is -0.530. The lowest BCUT2D eigenvalue weighted by molar-refractivity contribution is -0.122. The first-order valence-electron chi connectivity index (χ1n) is 7.09. The van der Waals surface area contributed by atoms with Gasteiger partial charge in [0.2, 0.25) is 5.91 Å². The summed E-state index contributed by atoms with van der Waals surface area (Å²) in [6.07, 6.45) is 7.37. The van der Waals surface area contributed by atoms with Crippen LogP contribution in [0.1, 0.15) is 42.8 Å². The van der Waals surface area contributed by atoms with E-state index in [0.29, 0.717) is 6.04 Å². The van der Waals surface area contributed by atoms with E-state index in [1.165, 1.54) is 19.0 Å². The Morgan fingerprint density at radius 2 is 2.24 bits per heavy atom. The molecule has 1 atom stereocenters. The van der Waals surface area contributed by atoms with E-state index in [1.807, 2.05) is 12.1 Å². The second kappa shape index (κ2) is 7.15. The van der Waals surface area contributed by atoms with Crippen LogP contribution in [0.15, 0.2) is 24.9 Å². The molecule has 1 amide bonds. The molecule has 5 heteroatoms. The van der Waals surface area contributed by atoms with E-state index in [1.54, 1.807) is 12.2 Å². The summed E-state index contributed by atoms with van der Waals surface area (Å²) in [6, 6.07) is 4.87. The van der Waals surface area contributed by atoms with Gasteiger partial charge in [0, 0.05) is 18.3 Å². The van der Waals surface area contributed by atoms with Gasteiger partial charge in [0.1, 0.15) is 6.61 Å². The maximum atomic E-state index is 11.0. The smallest absolute Gasteiger partial charge is 0.249 e. The van der Waals surface area contributed by atoms with Crippen molar-refractivity contribution >= 4 is 18.1 Å². The Labute approximate surface area is 124 Å². The predicted molar refractivity (Wildman–Crippen MR) is 83.2 cm³/mol. The number of aromatic nitrogens is 1. The molecule has 0 bridgehead atoms. The molecule has 1 unspecified atom stereocenters. The second-order valence-corrected chi connectivity index (χ2v) is 5.18. The van der Waals surface area contributed by atoms with Crippen LogP contribution in [0.2, 0.25) is 0 Å². The number of carbonyl (C=O) groups excluding carboxylic acids is 1. The van der Waals surface area contributed by atoms with Gasteiger partial charge in [0.15, 0.2) is 0 Å². The van der Waals surface area contributed by atoms with E-state index in [2.05, 4.69) is 29.1 Å². The second-order valence-electron chi connectivity index (χ2n) is 5.18. The van der Waals surface area contributed by atoms with E-state index in [9.17, 15) is 4.79 Å². The molecule has 0 aromatic carbocycles. The minimum absolute atomic E-state index is 0.249. The number of carbonyl (C=O) groups is 1. The van der Waals surface area contributed by atoms with Gasteiger partial charge in [-0.1, -0.05) is 6.58 Å². The molecule has 0 spiro atoms. The summed E-state index contributed by atoms with van der Waals surface area (Å²) in [6.45, 7) is 5.35. The van der Waals surface area contributed by atoms with Crippen LogP contribution in [0, 0.1) is 0 Å². The van der Waals surface area contributed by atoms with Crippen molar-refractivity contribution in [3.8, 4) is 0 Å². The highest BCUT2D eigenvalue weighted by Crippen LogP contribution is 2.24. The summed E-state index contributed by atoms with van der Waals surface area (Å²) < 4.78 is 0. The standard InChI is InChI=1S/C16H21N3O2/c1-3-13-8-12(11(2)18-14-4-5-14)9-15(19-13)6-7-17-16(21)10-20/h3,6-9,11,14,18,20H,1,4-5,10H2,2H3,(H,17,21)/b7-6+. The third-order valence-corrected chi connectivity index (χ3v) is 3.30. The van der Waals surface area contributed by atoms with Gasteiger partial charge in [-0.05, 0) is 49.6 Å². The first-order valence-corrected chi connectivity index (χ1v) is 7.09. The average molecular weight is 287 g/mol. The number of amides is 1. The largest absolute Gasteiger partial charge is 0.387 e. The Bertz CT molecular complexity index is 550. The molecule has 5 nitrogen and oxygen atoms in total. The Balaban J connectivity index is 2.12. The van der Waals surface area contributed by atoms with Crippen molar-refractivity contribution < 1.29 is 9.90 Å². The Morgan fingerprint density at radius 3 is 2.86 bits per heavy atom. The fraction of sp³-hybridized carbons (Fsp3) is 0.375. The van der Waals surface area contributed by atoms with Gasteiger partial charge < -0.3 is 15.7 Å². The Hall–Kier alpha value is -1.98.